The Morgan fingerprint density at radius 3 is 2.92 bits per heavy atom. The SMILES string of the molecule is CSc1cc2c(O)csc2cc1F. The van der Waals surface area contributed by atoms with E-state index < -0.39 is 0 Å². The molecular weight excluding hydrogens is 207 g/mol. The molecule has 0 aliphatic rings. The Kier molecular flexibility index (Phi) is 2.17. The van der Waals surface area contributed by atoms with Crippen LogP contribution in [0.3, 0.4) is 0 Å². The molecule has 0 atom stereocenters. The fraction of sp³-hybridized carbons (Fsp3) is 0.111. The number of rotatable bonds is 1. The van der Waals surface area contributed by atoms with Gasteiger partial charge >= 0.3 is 0 Å². The van der Waals surface area contributed by atoms with Crippen molar-refractivity contribution in [2.24, 2.45) is 0 Å². The third-order valence-electron chi connectivity index (χ3n) is 1.83. The van der Waals surface area contributed by atoms with E-state index in [4.69, 9.17) is 0 Å². The maximum absolute atomic E-state index is 13.2. The molecule has 0 bridgehead atoms. The summed E-state index contributed by atoms with van der Waals surface area (Å²) >= 11 is 2.69. The maximum atomic E-state index is 13.2. The summed E-state index contributed by atoms with van der Waals surface area (Å²) in [7, 11) is 0. The van der Waals surface area contributed by atoms with Gasteiger partial charge in [-0.25, -0.2) is 4.39 Å². The van der Waals surface area contributed by atoms with Crippen LogP contribution in [0.25, 0.3) is 10.1 Å². The van der Waals surface area contributed by atoms with Crippen molar-refractivity contribution in [2.75, 3.05) is 6.26 Å². The minimum absolute atomic E-state index is 0.221. The summed E-state index contributed by atoms with van der Waals surface area (Å²) in [5.74, 6) is 0.0113. The number of aromatic hydroxyl groups is 1. The van der Waals surface area contributed by atoms with Crippen LogP contribution in [0.2, 0.25) is 0 Å². The summed E-state index contributed by atoms with van der Waals surface area (Å²) in [6.07, 6.45) is 1.81. The van der Waals surface area contributed by atoms with Gasteiger partial charge in [-0.15, -0.1) is 23.1 Å². The molecule has 0 saturated carbocycles. The van der Waals surface area contributed by atoms with Crippen molar-refractivity contribution in [3.8, 4) is 5.75 Å². The lowest BCUT2D eigenvalue weighted by Gasteiger charge is -1.98. The van der Waals surface area contributed by atoms with Crippen LogP contribution in [0.1, 0.15) is 0 Å². The average molecular weight is 214 g/mol. The van der Waals surface area contributed by atoms with Gasteiger partial charge in [-0.05, 0) is 18.4 Å². The molecule has 1 heterocycles. The minimum Gasteiger partial charge on any atom is -0.506 e. The molecule has 0 radical (unpaired) electrons. The number of fused-ring (bicyclic) bond motifs is 1. The topological polar surface area (TPSA) is 20.2 Å². The monoisotopic (exact) mass is 214 g/mol. The van der Waals surface area contributed by atoms with Crippen molar-refractivity contribution >= 4 is 33.2 Å². The molecule has 0 unspecified atom stereocenters. The summed E-state index contributed by atoms with van der Waals surface area (Å²) in [6, 6.07) is 3.15. The molecule has 1 aromatic heterocycles. The lowest BCUT2D eigenvalue weighted by atomic mass is 10.2. The second kappa shape index (κ2) is 3.20. The van der Waals surface area contributed by atoms with E-state index in [0.29, 0.717) is 4.90 Å². The van der Waals surface area contributed by atoms with Crippen LogP contribution in [0.5, 0.6) is 5.75 Å². The number of benzene rings is 1. The van der Waals surface area contributed by atoms with Crippen LogP contribution >= 0.6 is 23.1 Å². The molecular formula is C9H7FOS2. The number of thiophene rings is 1. The van der Waals surface area contributed by atoms with E-state index in [1.54, 1.807) is 11.4 Å². The van der Waals surface area contributed by atoms with E-state index in [2.05, 4.69) is 0 Å². The number of halogens is 1. The molecule has 2 rings (SSSR count). The molecule has 0 fully saturated rings. The predicted molar refractivity (Wildman–Crippen MR) is 55.2 cm³/mol. The van der Waals surface area contributed by atoms with Crippen molar-refractivity contribution in [3.05, 3.63) is 23.3 Å². The Balaban J connectivity index is 2.77. The lowest BCUT2D eigenvalue weighted by Crippen LogP contribution is -1.78. The molecule has 0 spiro atoms. The van der Waals surface area contributed by atoms with E-state index in [9.17, 15) is 9.50 Å². The third kappa shape index (κ3) is 1.40. The summed E-state index contributed by atoms with van der Waals surface area (Å²) in [4.78, 5) is 0.571. The number of hydrogen-bond donors (Lipinski definition) is 1. The van der Waals surface area contributed by atoms with Crippen LogP contribution in [0, 0.1) is 5.82 Å². The first-order valence-corrected chi connectivity index (χ1v) is 5.76. The summed E-state index contributed by atoms with van der Waals surface area (Å²) in [5, 5.41) is 11.8. The number of thioether (sulfide) groups is 1. The smallest absolute Gasteiger partial charge is 0.138 e. The van der Waals surface area contributed by atoms with Gasteiger partial charge in [-0.2, -0.15) is 0 Å². The second-order valence-electron chi connectivity index (χ2n) is 2.60. The van der Waals surface area contributed by atoms with Gasteiger partial charge in [0.15, 0.2) is 0 Å². The van der Waals surface area contributed by atoms with E-state index >= 15 is 0 Å². The predicted octanol–water partition coefficient (Wildman–Crippen LogP) is 3.47. The largest absolute Gasteiger partial charge is 0.506 e. The fourth-order valence-electron chi connectivity index (χ4n) is 1.17. The zero-order valence-electron chi connectivity index (χ0n) is 6.87. The molecule has 1 aromatic carbocycles. The molecule has 4 heteroatoms. The van der Waals surface area contributed by atoms with E-state index in [0.717, 1.165) is 10.1 Å². The maximum Gasteiger partial charge on any atom is 0.138 e. The molecule has 0 amide bonds. The van der Waals surface area contributed by atoms with Gasteiger partial charge in [0, 0.05) is 20.4 Å². The van der Waals surface area contributed by atoms with Crippen molar-refractivity contribution in [3.63, 3.8) is 0 Å². The van der Waals surface area contributed by atoms with Crippen molar-refractivity contribution < 1.29 is 9.50 Å². The molecule has 1 nitrogen and oxygen atoms in total. The molecule has 1 N–H and O–H groups in total. The Hall–Kier alpha value is -0.740. The first-order chi connectivity index (χ1) is 6.22. The highest BCUT2D eigenvalue weighted by Crippen LogP contribution is 2.35. The summed E-state index contributed by atoms with van der Waals surface area (Å²) in [6.45, 7) is 0. The van der Waals surface area contributed by atoms with E-state index in [1.807, 2.05) is 6.26 Å². The van der Waals surface area contributed by atoms with Crippen LogP contribution < -0.4 is 0 Å². The quantitative estimate of drug-likeness (QED) is 0.733. The third-order valence-corrected chi connectivity index (χ3v) is 3.51. The fourth-order valence-corrected chi connectivity index (χ4v) is 2.49. The van der Waals surface area contributed by atoms with Gasteiger partial charge in [0.2, 0.25) is 0 Å². The van der Waals surface area contributed by atoms with Crippen LogP contribution in [0.15, 0.2) is 22.4 Å². The van der Waals surface area contributed by atoms with E-state index in [1.165, 1.54) is 29.2 Å². The molecule has 0 saturated heterocycles. The van der Waals surface area contributed by atoms with Crippen molar-refractivity contribution in [1.29, 1.82) is 0 Å². The minimum atomic E-state index is -0.221. The van der Waals surface area contributed by atoms with Gasteiger partial charge in [0.1, 0.15) is 11.6 Å². The Labute approximate surface area is 83.2 Å². The molecule has 68 valence electrons. The summed E-state index contributed by atoms with van der Waals surface area (Å²) < 4.78 is 14.0. The number of hydrogen-bond acceptors (Lipinski definition) is 3. The highest BCUT2D eigenvalue weighted by atomic mass is 32.2. The highest BCUT2D eigenvalue weighted by Gasteiger charge is 2.07. The molecule has 13 heavy (non-hydrogen) atoms. The van der Waals surface area contributed by atoms with Gasteiger partial charge in [0.25, 0.3) is 0 Å². The normalized spacial score (nSPS) is 10.9. The second-order valence-corrected chi connectivity index (χ2v) is 4.36. The standard InChI is InChI=1S/C9H7FOS2/c1-12-9-2-5-7(11)4-13-8(5)3-6(9)10/h2-4,11H,1H3. The van der Waals surface area contributed by atoms with Crippen molar-refractivity contribution in [2.45, 2.75) is 4.90 Å². The lowest BCUT2D eigenvalue weighted by molar-refractivity contribution is 0.483. The summed E-state index contributed by atoms with van der Waals surface area (Å²) in [5.41, 5.74) is 0. The molecule has 0 aliphatic carbocycles. The average Bonchev–Trinajstić information content (AvgIpc) is 2.46. The van der Waals surface area contributed by atoms with E-state index in [-0.39, 0.29) is 11.6 Å². The van der Waals surface area contributed by atoms with Crippen LogP contribution in [-0.4, -0.2) is 11.4 Å². The van der Waals surface area contributed by atoms with Crippen molar-refractivity contribution in [1.82, 2.24) is 0 Å². The Bertz CT molecular complexity index is 450. The zero-order valence-corrected chi connectivity index (χ0v) is 8.51. The van der Waals surface area contributed by atoms with Gasteiger partial charge in [-0.1, -0.05) is 0 Å². The van der Waals surface area contributed by atoms with Gasteiger partial charge < -0.3 is 5.11 Å². The Morgan fingerprint density at radius 2 is 2.23 bits per heavy atom. The zero-order chi connectivity index (χ0) is 9.42. The Morgan fingerprint density at radius 1 is 1.46 bits per heavy atom. The van der Waals surface area contributed by atoms with Gasteiger partial charge in [0.05, 0.1) is 0 Å². The highest BCUT2D eigenvalue weighted by molar-refractivity contribution is 7.98. The first-order valence-electron chi connectivity index (χ1n) is 3.66. The van der Waals surface area contributed by atoms with Gasteiger partial charge in [-0.3, -0.25) is 0 Å². The van der Waals surface area contributed by atoms with Crippen LogP contribution in [-0.2, 0) is 0 Å². The molecule has 0 aliphatic heterocycles. The first kappa shape index (κ1) is 8.84. The molecule has 2 aromatic rings. The van der Waals surface area contributed by atoms with Crippen LogP contribution in [0.4, 0.5) is 4.39 Å².